The van der Waals surface area contributed by atoms with E-state index in [2.05, 4.69) is 20.8 Å². The zero-order chi connectivity index (χ0) is 22.7. The van der Waals surface area contributed by atoms with Gasteiger partial charge in [0.1, 0.15) is 0 Å². The van der Waals surface area contributed by atoms with Crippen molar-refractivity contribution in [1.29, 1.82) is 0 Å². The second kappa shape index (κ2) is 8.93. The molecule has 2 N–H and O–H groups in total. The average molecular weight is 448 g/mol. The van der Waals surface area contributed by atoms with Crippen molar-refractivity contribution in [3.05, 3.63) is 60.0 Å². The Hall–Kier alpha value is -3.88. The molecule has 3 aromatic rings. The van der Waals surface area contributed by atoms with Gasteiger partial charge in [-0.2, -0.15) is 4.98 Å². The third kappa shape index (κ3) is 4.82. The predicted octanol–water partition coefficient (Wildman–Crippen LogP) is 2.75. The van der Waals surface area contributed by atoms with Crippen LogP contribution in [0.4, 0.5) is 0 Å². The van der Waals surface area contributed by atoms with Gasteiger partial charge in [0.25, 0.3) is 0 Å². The van der Waals surface area contributed by atoms with Crippen molar-refractivity contribution in [1.82, 2.24) is 20.8 Å². The van der Waals surface area contributed by atoms with E-state index in [0.29, 0.717) is 43.1 Å². The predicted molar refractivity (Wildman–Crippen MR) is 117 cm³/mol. The number of carbonyl (C=O) groups excluding carboxylic acids is 2. The molecule has 2 aliphatic rings. The van der Waals surface area contributed by atoms with Crippen LogP contribution in [0.3, 0.4) is 0 Å². The van der Waals surface area contributed by atoms with Gasteiger partial charge in [0.15, 0.2) is 11.5 Å². The fourth-order valence-electron chi connectivity index (χ4n) is 4.27. The normalized spacial score (nSPS) is 18.8. The van der Waals surface area contributed by atoms with Crippen LogP contribution in [-0.2, 0) is 22.6 Å². The van der Waals surface area contributed by atoms with Gasteiger partial charge >= 0.3 is 0 Å². The Morgan fingerprint density at radius 2 is 1.97 bits per heavy atom. The zero-order valence-electron chi connectivity index (χ0n) is 18.0. The molecule has 0 aliphatic carbocycles. The number of aromatic nitrogens is 2. The van der Waals surface area contributed by atoms with Crippen LogP contribution in [0, 0.1) is 0 Å². The summed E-state index contributed by atoms with van der Waals surface area (Å²) in [5, 5.41) is 9.89. The SMILES string of the molecule is O=C(CCC1(Cc2ccc3c(c2)OCO3)CCC(=O)N1)NCc1nc(-c2ccccc2)no1. The molecule has 0 bridgehead atoms. The van der Waals surface area contributed by atoms with E-state index in [0.717, 1.165) is 16.9 Å². The summed E-state index contributed by atoms with van der Waals surface area (Å²) < 4.78 is 16.1. The first-order valence-electron chi connectivity index (χ1n) is 10.9. The van der Waals surface area contributed by atoms with Gasteiger partial charge in [-0.15, -0.1) is 0 Å². The molecule has 2 aromatic carbocycles. The van der Waals surface area contributed by atoms with Crippen molar-refractivity contribution in [3.63, 3.8) is 0 Å². The quantitative estimate of drug-likeness (QED) is 0.544. The lowest BCUT2D eigenvalue weighted by atomic mass is 9.85. The fraction of sp³-hybridized carbons (Fsp3) is 0.333. The molecule has 9 heteroatoms. The Balaban J connectivity index is 1.17. The van der Waals surface area contributed by atoms with Gasteiger partial charge in [-0.05, 0) is 37.0 Å². The lowest BCUT2D eigenvalue weighted by molar-refractivity contribution is -0.123. The lowest BCUT2D eigenvalue weighted by Crippen LogP contribution is -2.44. The molecule has 3 heterocycles. The maximum Gasteiger partial charge on any atom is 0.246 e. The number of nitrogens with one attached hydrogen (secondary N) is 2. The van der Waals surface area contributed by atoms with Crippen LogP contribution in [-0.4, -0.2) is 34.3 Å². The molecule has 2 amide bonds. The monoisotopic (exact) mass is 448 g/mol. The molecule has 1 atom stereocenters. The van der Waals surface area contributed by atoms with Gasteiger partial charge in [0, 0.05) is 23.9 Å². The number of amides is 2. The Labute approximate surface area is 190 Å². The Bertz CT molecular complexity index is 1160. The Kier molecular flexibility index (Phi) is 5.68. The summed E-state index contributed by atoms with van der Waals surface area (Å²) in [6.45, 7) is 0.369. The van der Waals surface area contributed by atoms with Crippen molar-refractivity contribution >= 4 is 11.8 Å². The molecule has 9 nitrogen and oxygen atoms in total. The largest absolute Gasteiger partial charge is 0.454 e. The van der Waals surface area contributed by atoms with Crippen LogP contribution in [0.25, 0.3) is 11.4 Å². The smallest absolute Gasteiger partial charge is 0.246 e. The van der Waals surface area contributed by atoms with Crippen LogP contribution in [0.5, 0.6) is 11.5 Å². The van der Waals surface area contributed by atoms with Gasteiger partial charge in [-0.25, -0.2) is 0 Å². The first kappa shape index (κ1) is 21.0. The molecule has 1 saturated heterocycles. The van der Waals surface area contributed by atoms with E-state index >= 15 is 0 Å². The highest BCUT2D eigenvalue weighted by atomic mass is 16.7. The van der Waals surface area contributed by atoms with Crippen molar-refractivity contribution in [2.75, 3.05) is 6.79 Å². The summed E-state index contributed by atoms with van der Waals surface area (Å²) in [6, 6.07) is 15.3. The minimum atomic E-state index is -0.465. The van der Waals surface area contributed by atoms with E-state index < -0.39 is 5.54 Å². The maximum absolute atomic E-state index is 12.5. The Morgan fingerprint density at radius 3 is 2.79 bits per heavy atom. The van der Waals surface area contributed by atoms with Gasteiger partial charge in [-0.1, -0.05) is 41.6 Å². The van der Waals surface area contributed by atoms with E-state index in [1.807, 2.05) is 48.5 Å². The van der Waals surface area contributed by atoms with Crippen molar-refractivity contribution < 1.29 is 23.6 Å². The molecule has 0 saturated carbocycles. The van der Waals surface area contributed by atoms with E-state index in [4.69, 9.17) is 14.0 Å². The van der Waals surface area contributed by atoms with Gasteiger partial charge in [0.05, 0.1) is 6.54 Å². The summed E-state index contributed by atoms with van der Waals surface area (Å²) in [5.41, 5.74) is 1.41. The number of rotatable bonds is 8. The standard InChI is InChI=1S/C24H24N4O5/c29-20(25-14-22-26-23(28-33-22)17-4-2-1-3-5-17)8-10-24(11-9-21(30)27-24)13-16-6-7-18-19(12-16)32-15-31-18/h1-7,12H,8-11,13-15H2,(H,25,29)(H,27,30). The minimum absolute atomic E-state index is 0.00968. The summed E-state index contributed by atoms with van der Waals surface area (Å²) in [5.74, 6) is 2.12. The first-order valence-corrected chi connectivity index (χ1v) is 10.9. The number of benzene rings is 2. The number of carbonyl (C=O) groups is 2. The molecule has 0 spiro atoms. The number of hydrogen-bond donors (Lipinski definition) is 2. The maximum atomic E-state index is 12.5. The fourth-order valence-corrected chi connectivity index (χ4v) is 4.27. The molecular weight excluding hydrogens is 424 g/mol. The van der Waals surface area contributed by atoms with Crippen LogP contribution < -0.4 is 20.1 Å². The second-order valence-corrected chi connectivity index (χ2v) is 8.35. The van der Waals surface area contributed by atoms with Crippen molar-refractivity contribution in [2.45, 2.75) is 44.2 Å². The molecule has 1 fully saturated rings. The average Bonchev–Trinajstić information content (AvgIpc) is 3.57. The van der Waals surface area contributed by atoms with Crippen LogP contribution in [0.15, 0.2) is 53.1 Å². The van der Waals surface area contributed by atoms with Crippen LogP contribution in [0.1, 0.15) is 37.1 Å². The summed E-state index contributed by atoms with van der Waals surface area (Å²) in [4.78, 5) is 28.9. The number of ether oxygens (including phenoxy) is 2. The molecule has 1 unspecified atom stereocenters. The van der Waals surface area contributed by atoms with Crippen LogP contribution >= 0.6 is 0 Å². The Morgan fingerprint density at radius 1 is 1.12 bits per heavy atom. The van der Waals surface area contributed by atoms with Crippen molar-refractivity contribution in [2.24, 2.45) is 0 Å². The number of fused-ring (bicyclic) bond motifs is 1. The number of nitrogens with zero attached hydrogens (tertiary/aromatic N) is 2. The molecule has 0 radical (unpaired) electrons. The second-order valence-electron chi connectivity index (χ2n) is 8.35. The van der Waals surface area contributed by atoms with E-state index in [1.54, 1.807) is 0 Å². The van der Waals surface area contributed by atoms with Crippen LogP contribution in [0.2, 0.25) is 0 Å². The molecule has 5 rings (SSSR count). The van der Waals surface area contributed by atoms with E-state index in [-0.39, 0.29) is 31.6 Å². The minimum Gasteiger partial charge on any atom is -0.454 e. The summed E-state index contributed by atoms with van der Waals surface area (Å²) in [6.07, 6.45) is 2.55. The highest BCUT2D eigenvalue weighted by Gasteiger charge is 2.38. The van der Waals surface area contributed by atoms with Crippen molar-refractivity contribution in [3.8, 4) is 22.9 Å². The molecule has 1 aromatic heterocycles. The van der Waals surface area contributed by atoms with E-state index in [9.17, 15) is 9.59 Å². The topological polar surface area (TPSA) is 116 Å². The third-order valence-corrected chi connectivity index (χ3v) is 5.98. The zero-order valence-corrected chi connectivity index (χ0v) is 18.0. The molecular formula is C24H24N4O5. The van der Waals surface area contributed by atoms with Gasteiger partial charge in [0.2, 0.25) is 30.3 Å². The van der Waals surface area contributed by atoms with Gasteiger partial charge < -0.3 is 24.6 Å². The molecule has 33 heavy (non-hydrogen) atoms. The molecule has 2 aliphatic heterocycles. The molecule has 170 valence electrons. The highest BCUT2D eigenvalue weighted by molar-refractivity contribution is 5.80. The lowest BCUT2D eigenvalue weighted by Gasteiger charge is -2.29. The summed E-state index contributed by atoms with van der Waals surface area (Å²) >= 11 is 0. The first-order chi connectivity index (χ1) is 16.1. The third-order valence-electron chi connectivity index (χ3n) is 5.98. The summed E-state index contributed by atoms with van der Waals surface area (Å²) in [7, 11) is 0. The number of hydrogen-bond acceptors (Lipinski definition) is 7. The van der Waals surface area contributed by atoms with E-state index in [1.165, 1.54) is 0 Å². The highest BCUT2D eigenvalue weighted by Crippen LogP contribution is 2.36. The van der Waals surface area contributed by atoms with Gasteiger partial charge in [-0.3, -0.25) is 9.59 Å².